The van der Waals surface area contributed by atoms with Gasteiger partial charge in [0.15, 0.2) is 0 Å². The first-order valence-electron chi connectivity index (χ1n) is 6.52. The monoisotopic (exact) mass is 297 g/mol. The average molecular weight is 297 g/mol. The third-order valence-electron chi connectivity index (χ3n) is 3.46. The van der Waals surface area contributed by atoms with Crippen LogP contribution in [0.15, 0.2) is 29.2 Å². The number of hydrogen-bond donors (Lipinski definition) is 3. The highest BCUT2D eigenvalue weighted by atomic mass is 32.2. The zero-order valence-electron chi connectivity index (χ0n) is 11.3. The Labute approximate surface area is 118 Å². The molecule has 1 aromatic carbocycles. The van der Waals surface area contributed by atoms with E-state index < -0.39 is 10.0 Å². The van der Waals surface area contributed by atoms with E-state index >= 15 is 0 Å². The van der Waals surface area contributed by atoms with Crippen LogP contribution in [0.25, 0.3) is 0 Å². The lowest BCUT2D eigenvalue weighted by Gasteiger charge is -2.16. The Balaban J connectivity index is 2.07. The Hall–Kier alpha value is -1.44. The molecule has 1 unspecified atom stereocenters. The van der Waals surface area contributed by atoms with Crippen LogP contribution in [0.3, 0.4) is 0 Å². The Morgan fingerprint density at radius 3 is 2.40 bits per heavy atom. The molecule has 0 radical (unpaired) electrons. The summed E-state index contributed by atoms with van der Waals surface area (Å²) in [5.41, 5.74) is 6.07. The fraction of sp³-hybridized carbons (Fsp3) is 0.462. The molecular weight excluding hydrogens is 278 g/mol. The lowest BCUT2D eigenvalue weighted by molar-refractivity contribution is 0.0933. The molecule has 7 heteroatoms. The molecule has 0 bridgehead atoms. The van der Waals surface area contributed by atoms with Crippen molar-refractivity contribution in [3.63, 3.8) is 0 Å². The first kappa shape index (κ1) is 15.0. The molecule has 0 saturated heterocycles. The summed E-state index contributed by atoms with van der Waals surface area (Å²) in [6, 6.07) is 5.83. The third kappa shape index (κ3) is 3.36. The molecule has 1 saturated carbocycles. The Morgan fingerprint density at radius 2 is 1.95 bits per heavy atom. The van der Waals surface area contributed by atoms with E-state index in [0.717, 1.165) is 12.8 Å². The average Bonchev–Trinajstić information content (AvgIpc) is 3.29. The molecule has 6 nitrogen and oxygen atoms in total. The van der Waals surface area contributed by atoms with Gasteiger partial charge >= 0.3 is 0 Å². The Bertz CT molecular complexity index is 579. The van der Waals surface area contributed by atoms with E-state index in [1.807, 2.05) is 0 Å². The molecule has 0 spiro atoms. The number of nitrogens with two attached hydrogens (primary N) is 1. The molecule has 1 aliphatic carbocycles. The largest absolute Gasteiger partial charge is 0.348 e. The molecule has 0 aliphatic heterocycles. The number of rotatable bonds is 6. The van der Waals surface area contributed by atoms with E-state index in [1.165, 1.54) is 31.3 Å². The molecule has 0 heterocycles. The number of nitrogens with one attached hydrogen (secondary N) is 2. The first-order chi connectivity index (χ1) is 9.47. The molecule has 1 fully saturated rings. The lowest BCUT2D eigenvalue weighted by atomic mass is 10.1. The minimum atomic E-state index is -3.47. The van der Waals surface area contributed by atoms with E-state index in [-0.39, 0.29) is 16.8 Å². The molecule has 20 heavy (non-hydrogen) atoms. The summed E-state index contributed by atoms with van der Waals surface area (Å²) >= 11 is 0. The standard InChI is InChI=1S/C13H19N3O3S/c1-15-20(18,19)11-6-4-10(5-7-11)13(17)16-12(8-14)9-2-3-9/h4-7,9,12,15H,2-3,8,14H2,1H3,(H,16,17). The summed E-state index contributed by atoms with van der Waals surface area (Å²) in [6.07, 6.45) is 2.20. The van der Waals surface area contributed by atoms with E-state index in [4.69, 9.17) is 5.73 Å². The van der Waals surface area contributed by atoms with Crippen LogP contribution in [-0.2, 0) is 10.0 Å². The predicted octanol–water partition coefficient (Wildman–Crippen LogP) is 0.0618. The van der Waals surface area contributed by atoms with E-state index in [0.29, 0.717) is 18.0 Å². The zero-order chi connectivity index (χ0) is 14.8. The van der Waals surface area contributed by atoms with Gasteiger partial charge in [-0.2, -0.15) is 0 Å². The van der Waals surface area contributed by atoms with Gasteiger partial charge in [0.25, 0.3) is 5.91 Å². The van der Waals surface area contributed by atoms with Gasteiger partial charge < -0.3 is 11.1 Å². The first-order valence-corrected chi connectivity index (χ1v) is 8.01. The van der Waals surface area contributed by atoms with E-state index in [1.54, 1.807) is 0 Å². The van der Waals surface area contributed by atoms with Crippen LogP contribution < -0.4 is 15.8 Å². The predicted molar refractivity (Wildman–Crippen MR) is 75.7 cm³/mol. The number of sulfonamides is 1. The second kappa shape index (κ2) is 5.90. The van der Waals surface area contributed by atoms with Crippen molar-refractivity contribution in [2.45, 2.75) is 23.8 Å². The van der Waals surface area contributed by atoms with E-state index in [9.17, 15) is 13.2 Å². The number of amides is 1. The molecule has 110 valence electrons. The summed E-state index contributed by atoms with van der Waals surface area (Å²) in [7, 11) is -2.13. The second-order valence-electron chi connectivity index (χ2n) is 4.89. The van der Waals surface area contributed by atoms with Gasteiger partial charge in [-0.25, -0.2) is 13.1 Å². The summed E-state index contributed by atoms with van der Waals surface area (Å²) in [6.45, 7) is 0.419. The van der Waals surface area contributed by atoms with Gasteiger partial charge in [-0.05, 0) is 50.1 Å². The van der Waals surface area contributed by atoms with Crippen molar-refractivity contribution in [3.8, 4) is 0 Å². The summed E-state index contributed by atoms with van der Waals surface area (Å²) in [5, 5.41) is 2.89. The fourth-order valence-corrected chi connectivity index (χ4v) is 2.75. The fourth-order valence-electron chi connectivity index (χ4n) is 2.02. The van der Waals surface area contributed by atoms with Crippen LogP contribution in [0, 0.1) is 5.92 Å². The smallest absolute Gasteiger partial charge is 0.251 e. The Morgan fingerprint density at radius 1 is 1.35 bits per heavy atom. The van der Waals surface area contributed by atoms with Crippen molar-refractivity contribution in [3.05, 3.63) is 29.8 Å². The van der Waals surface area contributed by atoms with Gasteiger partial charge in [0.2, 0.25) is 10.0 Å². The van der Waals surface area contributed by atoms with Crippen LogP contribution in [0.1, 0.15) is 23.2 Å². The van der Waals surface area contributed by atoms with Crippen LogP contribution in [0.5, 0.6) is 0 Å². The van der Waals surface area contributed by atoms with Gasteiger partial charge in [0, 0.05) is 18.2 Å². The number of hydrogen-bond acceptors (Lipinski definition) is 4. The normalized spacial score (nSPS) is 16.7. The van der Waals surface area contributed by atoms with Gasteiger partial charge in [-0.15, -0.1) is 0 Å². The molecule has 4 N–H and O–H groups in total. The highest BCUT2D eigenvalue weighted by molar-refractivity contribution is 7.89. The maximum Gasteiger partial charge on any atom is 0.251 e. The van der Waals surface area contributed by atoms with Gasteiger partial charge in [-0.3, -0.25) is 4.79 Å². The third-order valence-corrected chi connectivity index (χ3v) is 4.89. The maximum absolute atomic E-state index is 12.0. The molecular formula is C13H19N3O3S. The molecule has 2 rings (SSSR count). The summed E-state index contributed by atoms with van der Waals surface area (Å²) in [4.78, 5) is 12.2. The van der Waals surface area contributed by atoms with Crippen molar-refractivity contribution in [2.24, 2.45) is 11.7 Å². The number of benzene rings is 1. The quantitative estimate of drug-likeness (QED) is 0.691. The van der Waals surface area contributed by atoms with E-state index in [2.05, 4.69) is 10.0 Å². The minimum Gasteiger partial charge on any atom is -0.348 e. The second-order valence-corrected chi connectivity index (χ2v) is 6.77. The highest BCUT2D eigenvalue weighted by Crippen LogP contribution is 2.32. The van der Waals surface area contributed by atoms with Gasteiger partial charge in [-0.1, -0.05) is 0 Å². The van der Waals surface area contributed by atoms with Gasteiger partial charge in [0.1, 0.15) is 0 Å². The Kier molecular flexibility index (Phi) is 4.42. The SMILES string of the molecule is CNS(=O)(=O)c1ccc(C(=O)NC(CN)C2CC2)cc1. The van der Waals surface area contributed by atoms with Crippen molar-refractivity contribution in [1.29, 1.82) is 0 Å². The number of carbonyl (C=O) groups is 1. The zero-order valence-corrected chi connectivity index (χ0v) is 12.1. The van der Waals surface area contributed by atoms with Crippen molar-refractivity contribution in [1.82, 2.24) is 10.0 Å². The number of carbonyl (C=O) groups excluding carboxylic acids is 1. The molecule has 0 aromatic heterocycles. The minimum absolute atomic E-state index is 0.00298. The van der Waals surface area contributed by atoms with Crippen LogP contribution in [0.2, 0.25) is 0 Å². The molecule has 1 atom stereocenters. The highest BCUT2D eigenvalue weighted by Gasteiger charge is 2.31. The molecule has 1 aromatic rings. The molecule has 1 amide bonds. The topological polar surface area (TPSA) is 101 Å². The summed E-state index contributed by atoms with van der Waals surface area (Å²) in [5.74, 6) is 0.258. The van der Waals surface area contributed by atoms with Crippen LogP contribution in [-0.4, -0.2) is 34.0 Å². The maximum atomic E-state index is 12.0. The van der Waals surface area contributed by atoms with Crippen LogP contribution >= 0.6 is 0 Å². The summed E-state index contributed by atoms with van der Waals surface area (Å²) < 4.78 is 25.4. The molecule has 1 aliphatic rings. The van der Waals surface area contributed by atoms with Gasteiger partial charge in [0.05, 0.1) is 4.90 Å². The lowest BCUT2D eigenvalue weighted by Crippen LogP contribution is -2.41. The van der Waals surface area contributed by atoms with Crippen molar-refractivity contribution >= 4 is 15.9 Å². The van der Waals surface area contributed by atoms with Crippen molar-refractivity contribution in [2.75, 3.05) is 13.6 Å². The van der Waals surface area contributed by atoms with Crippen LogP contribution in [0.4, 0.5) is 0 Å². The van der Waals surface area contributed by atoms with Crippen molar-refractivity contribution < 1.29 is 13.2 Å².